The van der Waals surface area contributed by atoms with Crippen molar-refractivity contribution in [2.24, 2.45) is 0 Å². The van der Waals surface area contributed by atoms with Gasteiger partial charge in [-0.2, -0.15) is 0 Å². The molecule has 2 aromatic carbocycles. The third-order valence-corrected chi connectivity index (χ3v) is 6.58. The van der Waals surface area contributed by atoms with Crippen LogP contribution in [-0.4, -0.2) is 25.5 Å². The van der Waals surface area contributed by atoms with Crippen LogP contribution in [0.15, 0.2) is 70.6 Å². The van der Waals surface area contributed by atoms with Crippen molar-refractivity contribution in [1.29, 1.82) is 0 Å². The Morgan fingerprint density at radius 1 is 1.16 bits per heavy atom. The third-order valence-electron chi connectivity index (χ3n) is 4.59. The minimum absolute atomic E-state index is 0.165. The molecule has 1 amide bonds. The fraction of sp³-hybridized carbons (Fsp3) is 0.143. The van der Waals surface area contributed by atoms with E-state index in [-0.39, 0.29) is 17.1 Å². The van der Waals surface area contributed by atoms with Crippen LogP contribution in [0.1, 0.15) is 29.6 Å². The number of rotatable bonds is 6. The zero-order chi connectivity index (χ0) is 22.0. The molecule has 2 N–H and O–H groups in total. The number of H-pyrrole nitrogens is 1. The second-order valence-electron chi connectivity index (χ2n) is 6.75. The zero-order valence-corrected chi connectivity index (χ0v) is 18.6. The molecule has 7 nitrogen and oxygen atoms in total. The van der Waals surface area contributed by atoms with Crippen LogP contribution in [0.3, 0.4) is 0 Å². The summed E-state index contributed by atoms with van der Waals surface area (Å²) < 4.78 is 1.56. The molecule has 4 aromatic rings. The first-order chi connectivity index (χ1) is 14.9. The van der Waals surface area contributed by atoms with Crippen molar-refractivity contribution in [1.82, 2.24) is 24.9 Å². The van der Waals surface area contributed by atoms with Crippen LogP contribution < -0.4 is 10.9 Å². The van der Waals surface area contributed by atoms with Gasteiger partial charge in [0.25, 0.3) is 5.56 Å². The molecule has 2 aromatic heterocycles. The Morgan fingerprint density at radius 2 is 1.94 bits per heavy atom. The lowest BCUT2D eigenvalue weighted by Gasteiger charge is -2.20. The number of thioether (sulfide) groups is 1. The number of benzene rings is 2. The smallest absolute Gasteiger partial charge is 0.293 e. The number of nitrogens with one attached hydrogen (secondary N) is 2. The van der Waals surface area contributed by atoms with Crippen LogP contribution in [0.5, 0.6) is 0 Å². The van der Waals surface area contributed by atoms with Crippen LogP contribution in [0.4, 0.5) is 0 Å². The van der Waals surface area contributed by atoms with Crippen LogP contribution in [-0.2, 0) is 4.79 Å². The van der Waals surface area contributed by atoms with Crippen LogP contribution in [0.2, 0.25) is 10.0 Å². The summed E-state index contributed by atoms with van der Waals surface area (Å²) in [5, 5.41) is 11.4. The number of nitrogens with zero attached hydrogens (tertiary/aromatic N) is 3. The lowest BCUT2D eigenvalue weighted by Crippen LogP contribution is -2.31. The monoisotopic (exact) mass is 473 g/mol. The lowest BCUT2D eigenvalue weighted by molar-refractivity contribution is -0.121. The maximum Gasteiger partial charge on any atom is 0.293 e. The number of hydrogen-bond donors (Lipinski definition) is 2. The van der Waals surface area contributed by atoms with Gasteiger partial charge in [-0.1, -0.05) is 53.5 Å². The van der Waals surface area contributed by atoms with E-state index in [9.17, 15) is 9.59 Å². The predicted molar refractivity (Wildman–Crippen MR) is 122 cm³/mol. The standard InChI is InChI=1S/C21H17Cl2N5O2S/c1-12(18-26-27-19-21(30)24-9-10-28(18)19)25-20(29)17(13-5-3-2-4-6-13)31-16-11-14(22)7-8-15(16)23/h2-12,17H,1H3,(H,24,30)(H,25,29). The molecular formula is C21H17Cl2N5O2S. The van der Waals surface area contributed by atoms with Crippen molar-refractivity contribution in [2.75, 3.05) is 0 Å². The molecule has 0 radical (unpaired) electrons. The van der Waals surface area contributed by atoms with E-state index in [0.717, 1.165) is 5.56 Å². The minimum Gasteiger partial charge on any atom is -0.345 e. The molecular weight excluding hydrogens is 457 g/mol. The van der Waals surface area contributed by atoms with E-state index in [1.807, 2.05) is 30.3 Å². The Labute approximate surface area is 191 Å². The summed E-state index contributed by atoms with van der Waals surface area (Å²) in [4.78, 5) is 28.5. The Kier molecular flexibility index (Phi) is 6.31. The lowest BCUT2D eigenvalue weighted by atomic mass is 10.1. The quantitative estimate of drug-likeness (QED) is 0.404. The molecule has 31 heavy (non-hydrogen) atoms. The van der Waals surface area contributed by atoms with Crippen LogP contribution in [0, 0.1) is 0 Å². The van der Waals surface area contributed by atoms with Gasteiger partial charge >= 0.3 is 0 Å². The number of amides is 1. The molecule has 158 valence electrons. The summed E-state index contributed by atoms with van der Waals surface area (Å²) in [6.07, 6.45) is 3.14. The fourth-order valence-corrected chi connectivity index (χ4v) is 4.69. The van der Waals surface area contributed by atoms with Crippen LogP contribution >= 0.6 is 35.0 Å². The number of halogens is 2. The number of hydrogen-bond acceptors (Lipinski definition) is 5. The van der Waals surface area contributed by atoms with Crippen LogP contribution in [0.25, 0.3) is 5.65 Å². The SMILES string of the molecule is CC(NC(=O)C(Sc1cc(Cl)ccc1Cl)c1ccccc1)c1nnc2c(=O)[nH]ccn12. The molecule has 0 bridgehead atoms. The highest BCUT2D eigenvalue weighted by atomic mass is 35.5. The van der Waals surface area contributed by atoms with Crippen molar-refractivity contribution in [3.63, 3.8) is 0 Å². The van der Waals surface area contributed by atoms with E-state index in [0.29, 0.717) is 20.8 Å². The topological polar surface area (TPSA) is 92.2 Å². The molecule has 2 heterocycles. The van der Waals surface area contributed by atoms with Gasteiger partial charge in [0.05, 0.1) is 11.1 Å². The van der Waals surface area contributed by atoms with E-state index in [1.165, 1.54) is 18.0 Å². The Morgan fingerprint density at radius 3 is 2.71 bits per heavy atom. The number of fused-ring (bicyclic) bond motifs is 1. The molecule has 0 saturated heterocycles. The molecule has 2 unspecified atom stereocenters. The highest BCUT2D eigenvalue weighted by molar-refractivity contribution is 8.00. The second kappa shape index (κ2) is 9.13. The summed E-state index contributed by atoms with van der Waals surface area (Å²) in [7, 11) is 0. The van der Waals surface area contributed by atoms with E-state index >= 15 is 0 Å². The molecule has 0 aliphatic rings. The maximum atomic E-state index is 13.3. The van der Waals surface area contributed by atoms with E-state index in [4.69, 9.17) is 23.2 Å². The number of carbonyl (C=O) groups excluding carboxylic acids is 1. The fourth-order valence-electron chi connectivity index (χ4n) is 3.10. The summed E-state index contributed by atoms with van der Waals surface area (Å²) in [6, 6.07) is 14.0. The van der Waals surface area contributed by atoms with Gasteiger partial charge in [-0.3, -0.25) is 14.0 Å². The van der Waals surface area contributed by atoms with E-state index in [1.54, 1.807) is 35.7 Å². The normalized spacial score (nSPS) is 13.1. The van der Waals surface area contributed by atoms with Crippen molar-refractivity contribution in [2.45, 2.75) is 23.1 Å². The summed E-state index contributed by atoms with van der Waals surface area (Å²) in [6.45, 7) is 1.79. The Balaban J connectivity index is 1.63. The molecule has 0 aliphatic carbocycles. The number of aromatic amines is 1. The van der Waals surface area contributed by atoms with E-state index < -0.39 is 11.3 Å². The molecule has 0 aliphatic heterocycles. The molecule has 10 heteroatoms. The zero-order valence-electron chi connectivity index (χ0n) is 16.3. The molecule has 0 saturated carbocycles. The molecule has 2 atom stereocenters. The third kappa shape index (κ3) is 4.61. The molecule has 4 rings (SSSR count). The van der Waals surface area contributed by atoms with Crippen molar-refractivity contribution < 1.29 is 4.79 Å². The van der Waals surface area contributed by atoms with Gasteiger partial charge in [-0.05, 0) is 30.7 Å². The largest absolute Gasteiger partial charge is 0.345 e. The Hall–Kier alpha value is -2.81. The summed E-state index contributed by atoms with van der Waals surface area (Å²) in [5.41, 5.74) is 0.627. The van der Waals surface area contributed by atoms with Crippen molar-refractivity contribution >= 4 is 46.5 Å². The average molecular weight is 474 g/mol. The van der Waals surface area contributed by atoms with Crippen molar-refractivity contribution in [3.05, 3.63) is 92.7 Å². The van der Waals surface area contributed by atoms with Gasteiger partial charge in [0.1, 0.15) is 5.25 Å². The molecule has 0 spiro atoms. The summed E-state index contributed by atoms with van der Waals surface area (Å²) in [5.74, 6) is 0.216. The maximum absolute atomic E-state index is 13.3. The highest BCUT2D eigenvalue weighted by Gasteiger charge is 2.26. The first-order valence-corrected chi connectivity index (χ1v) is 11.0. The predicted octanol–water partition coefficient (Wildman–Crippen LogP) is 4.44. The average Bonchev–Trinajstić information content (AvgIpc) is 3.20. The summed E-state index contributed by atoms with van der Waals surface area (Å²) >= 11 is 13.8. The number of carbonyl (C=O) groups is 1. The van der Waals surface area contributed by atoms with Gasteiger partial charge < -0.3 is 10.3 Å². The van der Waals surface area contributed by atoms with E-state index in [2.05, 4.69) is 20.5 Å². The van der Waals surface area contributed by atoms with Gasteiger partial charge in [-0.25, -0.2) is 0 Å². The minimum atomic E-state index is -0.581. The molecule has 0 fully saturated rings. The first kappa shape index (κ1) is 21.4. The second-order valence-corrected chi connectivity index (χ2v) is 8.75. The highest BCUT2D eigenvalue weighted by Crippen LogP contribution is 2.40. The van der Waals surface area contributed by atoms with Crippen molar-refractivity contribution in [3.8, 4) is 0 Å². The van der Waals surface area contributed by atoms with Gasteiger partial charge in [-0.15, -0.1) is 22.0 Å². The Bertz CT molecular complexity index is 1290. The van der Waals surface area contributed by atoms with Gasteiger partial charge in [0, 0.05) is 22.3 Å². The van der Waals surface area contributed by atoms with Gasteiger partial charge in [0.2, 0.25) is 11.6 Å². The van der Waals surface area contributed by atoms with Gasteiger partial charge in [0.15, 0.2) is 5.82 Å². The number of aromatic nitrogens is 4. The first-order valence-electron chi connectivity index (χ1n) is 9.33.